The zero-order valence-electron chi connectivity index (χ0n) is 18.5. The molecule has 0 unspecified atom stereocenters. The lowest BCUT2D eigenvalue weighted by molar-refractivity contribution is 0.411. The molecule has 1 aromatic carbocycles. The van der Waals surface area contributed by atoms with Crippen LogP contribution in [-0.2, 0) is 0 Å². The minimum Gasteiger partial charge on any atom is -0.492 e. The van der Waals surface area contributed by atoms with E-state index in [4.69, 9.17) is 4.74 Å². The molecule has 0 amide bonds. The predicted octanol–water partition coefficient (Wildman–Crippen LogP) is 1.99. The number of anilines is 4. The van der Waals surface area contributed by atoms with Crippen molar-refractivity contribution in [3.8, 4) is 17.9 Å². The smallest absolute Gasteiger partial charge is 0.232 e. The van der Waals surface area contributed by atoms with Crippen LogP contribution in [-0.4, -0.2) is 58.4 Å². The van der Waals surface area contributed by atoms with Crippen molar-refractivity contribution in [2.75, 3.05) is 42.3 Å². The van der Waals surface area contributed by atoms with Gasteiger partial charge in [-0.15, -0.1) is 0 Å². The molecule has 3 heterocycles. The van der Waals surface area contributed by atoms with E-state index in [1.807, 2.05) is 6.07 Å². The summed E-state index contributed by atoms with van der Waals surface area (Å²) in [5, 5.41) is 33.4. The first-order chi connectivity index (χ1) is 16.1. The largest absolute Gasteiger partial charge is 0.492 e. The fraction of sp³-hybridized carbons (Fsp3) is 0.409. The van der Waals surface area contributed by atoms with E-state index in [1.54, 1.807) is 17.7 Å². The van der Waals surface area contributed by atoms with Crippen LogP contribution in [0.3, 0.4) is 0 Å². The standard InChI is InChI=1S/C22H24N10O/c1-13-11-25-5-6-31(13)18-8-14(9-23)7-17(19(18)33-2)28-21-29-20-15(10-24)12-26-32(20)22(30-21)27-16-3-4-16/h7-8,12-13,16,25H,3-6,11H2,1-2H3,(H2,27,28,29,30)/t13-/m0/s1. The van der Waals surface area contributed by atoms with Crippen LogP contribution >= 0.6 is 0 Å². The third-order valence-corrected chi connectivity index (χ3v) is 5.86. The van der Waals surface area contributed by atoms with Gasteiger partial charge in [-0.05, 0) is 31.9 Å². The van der Waals surface area contributed by atoms with Gasteiger partial charge in [-0.25, -0.2) is 0 Å². The van der Waals surface area contributed by atoms with Crippen molar-refractivity contribution in [2.45, 2.75) is 31.8 Å². The van der Waals surface area contributed by atoms with Gasteiger partial charge in [0.25, 0.3) is 0 Å². The summed E-state index contributed by atoms with van der Waals surface area (Å²) in [5.74, 6) is 1.41. The van der Waals surface area contributed by atoms with Crippen LogP contribution in [0.15, 0.2) is 18.3 Å². The van der Waals surface area contributed by atoms with E-state index in [2.05, 4.69) is 55.0 Å². The molecule has 0 spiro atoms. The van der Waals surface area contributed by atoms with Gasteiger partial charge in [0.2, 0.25) is 11.9 Å². The fourth-order valence-corrected chi connectivity index (χ4v) is 4.03. The minimum atomic E-state index is 0.237. The molecule has 168 valence electrons. The van der Waals surface area contributed by atoms with Crippen molar-refractivity contribution < 1.29 is 4.74 Å². The van der Waals surface area contributed by atoms with Crippen LogP contribution in [0.4, 0.5) is 23.3 Å². The van der Waals surface area contributed by atoms with E-state index in [9.17, 15) is 10.5 Å². The summed E-state index contributed by atoms with van der Waals surface area (Å²) in [4.78, 5) is 11.4. The first-order valence-electron chi connectivity index (χ1n) is 10.9. The average molecular weight is 445 g/mol. The highest BCUT2D eigenvalue weighted by atomic mass is 16.5. The monoisotopic (exact) mass is 444 g/mol. The maximum Gasteiger partial charge on any atom is 0.232 e. The Bertz CT molecular complexity index is 1280. The molecule has 0 bridgehead atoms. The molecule has 3 N–H and O–H groups in total. The summed E-state index contributed by atoms with van der Waals surface area (Å²) in [5.41, 5.74) is 2.68. The number of hydrogen-bond acceptors (Lipinski definition) is 10. The number of piperazine rings is 1. The number of nitrogens with one attached hydrogen (secondary N) is 3. The fourth-order valence-electron chi connectivity index (χ4n) is 4.03. The Hall–Kier alpha value is -4.09. The summed E-state index contributed by atoms with van der Waals surface area (Å²) in [6.45, 7) is 4.62. The zero-order valence-corrected chi connectivity index (χ0v) is 18.5. The molecule has 2 fully saturated rings. The molecular weight excluding hydrogens is 420 g/mol. The first kappa shape index (κ1) is 20.8. The summed E-state index contributed by atoms with van der Waals surface area (Å²) >= 11 is 0. The summed E-state index contributed by atoms with van der Waals surface area (Å²) in [6, 6.07) is 8.51. The second-order valence-electron chi connectivity index (χ2n) is 8.25. The van der Waals surface area contributed by atoms with E-state index in [1.165, 1.54) is 6.20 Å². The van der Waals surface area contributed by atoms with Crippen LogP contribution in [0.25, 0.3) is 5.65 Å². The van der Waals surface area contributed by atoms with Gasteiger partial charge in [-0.3, -0.25) is 0 Å². The Morgan fingerprint density at radius 2 is 2.06 bits per heavy atom. The molecule has 1 atom stereocenters. The molecule has 0 radical (unpaired) electrons. The molecule has 2 aromatic heterocycles. The number of benzene rings is 1. The number of rotatable bonds is 6. The van der Waals surface area contributed by atoms with E-state index in [0.29, 0.717) is 40.2 Å². The van der Waals surface area contributed by atoms with Crippen molar-refractivity contribution >= 4 is 28.9 Å². The van der Waals surface area contributed by atoms with Crippen molar-refractivity contribution in [1.29, 1.82) is 10.5 Å². The highest BCUT2D eigenvalue weighted by Crippen LogP contribution is 2.39. The number of methoxy groups -OCH3 is 1. The lowest BCUT2D eigenvalue weighted by atomic mass is 10.1. The second kappa shape index (κ2) is 8.45. The molecule has 3 aromatic rings. The van der Waals surface area contributed by atoms with Gasteiger partial charge in [-0.2, -0.15) is 30.1 Å². The Balaban J connectivity index is 1.59. The van der Waals surface area contributed by atoms with Crippen molar-refractivity contribution in [3.63, 3.8) is 0 Å². The van der Waals surface area contributed by atoms with E-state index >= 15 is 0 Å². The molecule has 1 aliphatic carbocycles. The molecule has 33 heavy (non-hydrogen) atoms. The van der Waals surface area contributed by atoms with E-state index < -0.39 is 0 Å². The molecule has 1 aliphatic heterocycles. The Labute approximate surface area is 191 Å². The van der Waals surface area contributed by atoms with Gasteiger partial charge in [0, 0.05) is 31.7 Å². The third-order valence-electron chi connectivity index (χ3n) is 5.86. The highest BCUT2D eigenvalue weighted by Gasteiger charge is 2.26. The van der Waals surface area contributed by atoms with Crippen LogP contribution in [0.1, 0.15) is 30.9 Å². The Kier molecular flexibility index (Phi) is 5.32. The Morgan fingerprint density at radius 3 is 2.76 bits per heavy atom. The Morgan fingerprint density at radius 1 is 1.21 bits per heavy atom. The highest BCUT2D eigenvalue weighted by molar-refractivity contribution is 5.78. The van der Waals surface area contributed by atoms with Gasteiger partial charge >= 0.3 is 0 Å². The number of nitrogens with zero attached hydrogens (tertiary/aromatic N) is 7. The summed E-state index contributed by atoms with van der Waals surface area (Å²) in [7, 11) is 1.61. The van der Waals surface area contributed by atoms with Gasteiger partial charge in [0.05, 0.1) is 36.3 Å². The van der Waals surface area contributed by atoms with Crippen LogP contribution in [0.5, 0.6) is 5.75 Å². The first-order valence-corrected chi connectivity index (χ1v) is 10.9. The van der Waals surface area contributed by atoms with Crippen molar-refractivity contribution in [3.05, 3.63) is 29.5 Å². The number of hydrogen-bond donors (Lipinski definition) is 3. The topological polar surface area (TPSA) is 139 Å². The van der Waals surface area contributed by atoms with Crippen LogP contribution < -0.4 is 25.6 Å². The molecule has 5 rings (SSSR count). The predicted molar refractivity (Wildman–Crippen MR) is 123 cm³/mol. The average Bonchev–Trinajstić information content (AvgIpc) is 3.55. The van der Waals surface area contributed by atoms with Gasteiger partial charge in [0.15, 0.2) is 11.4 Å². The number of ether oxygens (including phenoxy) is 1. The van der Waals surface area contributed by atoms with Crippen molar-refractivity contribution in [2.24, 2.45) is 0 Å². The molecule has 2 aliphatic rings. The molecule has 11 heteroatoms. The van der Waals surface area contributed by atoms with E-state index in [-0.39, 0.29) is 12.0 Å². The number of fused-ring (bicyclic) bond motifs is 1. The van der Waals surface area contributed by atoms with E-state index in [0.717, 1.165) is 38.2 Å². The molecule has 1 saturated carbocycles. The van der Waals surface area contributed by atoms with Gasteiger partial charge < -0.3 is 25.6 Å². The SMILES string of the molecule is COc1c(Nc2nc(NC3CC3)n3ncc(C#N)c3n2)cc(C#N)cc1N1CCNC[C@@H]1C. The molecule has 11 nitrogen and oxygen atoms in total. The maximum absolute atomic E-state index is 9.67. The lowest BCUT2D eigenvalue weighted by Crippen LogP contribution is -2.50. The van der Waals surface area contributed by atoms with Crippen molar-refractivity contribution in [1.82, 2.24) is 24.9 Å². The van der Waals surface area contributed by atoms with Crippen LogP contribution in [0, 0.1) is 22.7 Å². The zero-order chi connectivity index (χ0) is 22.9. The van der Waals surface area contributed by atoms with Gasteiger partial charge in [-0.1, -0.05) is 0 Å². The normalized spacial score (nSPS) is 17.9. The quantitative estimate of drug-likeness (QED) is 0.517. The third kappa shape index (κ3) is 3.95. The minimum absolute atomic E-state index is 0.237. The maximum atomic E-state index is 9.67. The summed E-state index contributed by atoms with van der Waals surface area (Å²) < 4.78 is 7.34. The molecular formula is C22H24N10O. The number of nitriles is 2. The number of aromatic nitrogens is 4. The second-order valence-corrected chi connectivity index (χ2v) is 8.25. The lowest BCUT2D eigenvalue weighted by Gasteiger charge is -2.37. The van der Waals surface area contributed by atoms with Crippen LogP contribution in [0.2, 0.25) is 0 Å². The molecule has 1 saturated heterocycles. The summed E-state index contributed by atoms with van der Waals surface area (Å²) in [6.07, 6.45) is 3.60. The van der Waals surface area contributed by atoms with Gasteiger partial charge in [0.1, 0.15) is 11.6 Å².